The predicted molar refractivity (Wildman–Crippen MR) is 252 cm³/mol. The number of ether oxygens (including phenoxy) is 2. The van der Waals surface area contributed by atoms with E-state index in [1.165, 1.54) is 49.9 Å². The van der Waals surface area contributed by atoms with Gasteiger partial charge in [-0.3, -0.25) is 0 Å². The standard InChI is InChI=1S/C42H56O4S8/c1-15-45-41(43)35-37(31-17-27-29(47-31)19-33(49-27)53(21(3)4,22(5)6)23(7)8)51-40-36(42(44)46-16-2)38(52-39(35)40)32-18-28-30(48-32)20-34(50-28)54(24(9)10,25(11)12)26(13)14/h17-26H,15-16H2,1-14H3. The Labute approximate surface area is 349 Å². The number of thiophene rings is 6. The van der Waals surface area contributed by atoms with Crippen molar-refractivity contribution >= 4 is 128 Å². The molecule has 0 saturated heterocycles. The molecule has 4 nitrogen and oxygen atoms in total. The topological polar surface area (TPSA) is 52.6 Å². The van der Waals surface area contributed by atoms with Crippen LogP contribution in [0.15, 0.2) is 32.7 Å². The highest BCUT2D eigenvalue weighted by molar-refractivity contribution is 8.36. The van der Waals surface area contributed by atoms with E-state index in [2.05, 4.69) is 107 Å². The van der Waals surface area contributed by atoms with Crippen LogP contribution < -0.4 is 0 Å². The van der Waals surface area contributed by atoms with Crippen LogP contribution in [0.1, 0.15) is 118 Å². The first-order valence-electron chi connectivity index (χ1n) is 19.1. The molecule has 0 unspecified atom stereocenters. The minimum Gasteiger partial charge on any atom is -0.462 e. The van der Waals surface area contributed by atoms with E-state index in [1.54, 1.807) is 22.7 Å². The number of fused-ring (bicyclic) bond motifs is 3. The molecule has 0 saturated carbocycles. The fourth-order valence-electron chi connectivity index (χ4n) is 8.92. The second-order valence-corrected chi connectivity index (χ2v) is 31.8. The third-order valence-electron chi connectivity index (χ3n) is 10.7. The van der Waals surface area contributed by atoms with Gasteiger partial charge in [-0.25, -0.2) is 9.59 Å². The largest absolute Gasteiger partial charge is 0.462 e. The normalized spacial score (nSPS) is 13.8. The summed E-state index contributed by atoms with van der Waals surface area (Å²) in [6, 6.07) is 9.41. The van der Waals surface area contributed by atoms with E-state index in [9.17, 15) is 9.59 Å². The molecular weight excluding hydrogens is 825 g/mol. The van der Waals surface area contributed by atoms with Gasteiger partial charge in [0.2, 0.25) is 0 Å². The van der Waals surface area contributed by atoms with Crippen LogP contribution in [0.3, 0.4) is 0 Å². The molecule has 0 aliphatic rings. The van der Waals surface area contributed by atoms with Gasteiger partial charge in [0, 0.05) is 37.0 Å². The average molecular weight is 881 g/mol. The third-order valence-corrected chi connectivity index (χ3v) is 31.0. The van der Waals surface area contributed by atoms with Gasteiger partial charge >= 0.3 is 11.9 Å². The Hall–Kier alpha value is -1.38. The summed E-state index contributed by atoms with van der Waals surface area (Å²) in [6.45, 7) is 33.0. The summed E-state index contributed by atoms with van der Waals surface area (Å²) in [5, 5.41) is 3.48. The van der Waals surface area contributed by atoms with Crippen LogP contribution in [0, 0.1) is 0 Å². The zero-order valence-electron chi connectivity index (χ0n) is 34.1. The molecule has 0 spiro atoms. The number of hydrogen-bond donors (Lipinski definition) is 0. The van der Waals surface area contributed by atoms with Crippen molar-refractivity contribution in [1.82, 2.24) is 0 Å². The first-order chi connectivity index (χ1) is 25.5. The van der Waals surface area contributed by atoms with Crippen LogP contribution in [-0.4, -0.2) is 56.7 Å². The maximum atomic E-state index is 13.9. The fraction of sp³-hybridized carbons (Fsp3) is 0.524. The number of carbonyl (C=O) groups is 2. The molecule has 0 aliphatic heterocycles. The van der Waals surface area contributed by atoms with Crippen LogP contribution in [-0.2, 0) is 9.47 Å². The molecule has 0 bridgehead atoms. The van der Waals surface area contributed by atoms with E-state index in [1.807, 2.05) is 36.5 Å². The van der Waals surface area contributed by atoms with Crippen molar-refractivity contribution in [2.45, 2.75) is 137 Å². The lowest BCUT2D eigenvalue weighted by molar-refractivity contribution is 0.0519. The summed E-state index contributed by atoms with van der Waals surface area (Å²) in [6.07, 6.45) is 0. The Morgan fingerprint density at radius 3 is 1.04 bits per heavy atom. The van der Waals surface area contributed by atoms with Crippen LogP contribution in [0.4, 0.5) is 0 Å². The summed E-state index contributed by atoms with van der Waals surface area (Å²) in [7, 11) is -2.09. The van der Waals surface area contributed by atoms with E-state index >= 15 is 0 Å². The third kappa shape index (κ3) is 6.68. The Kier molecular flexibility index (Phi) is 12.6. The number of rotatable bonds is 14. The molecule has 0 N–H and O–H groups in total. The second kappa shape index (κ2) is 16.1. The number of esters is 2. The Morgan fingerprint density at radius 1 is 0.481 bits per heavy atom. The Morgan fingerprint density at radius 2 is 0.778 bits per heavy atom. The van der Waals surface area contributed by atoms with Crippen molar-refractivity contribution in [1.29, 1.82) is 0 Å². The molecule has 6 heterocycles. The van der Waals surface area contributed by atoms with Gasteiger partial charge in [0.1, 0.15) is 0 Å². The summed E-state index contributed by atoms with van der Waals surface area (Å²) < 4.78 is 21.2. The van der Waals surface area contributed by atoms with Crippen molar-refractivity contribution in [3.05, 3.63) is 35.4 Å². The molecule has 0 aliphatic carbocycles. The lowest BCUT2D eigenvalue weighted by atomic mass is 10.1. The van der Waals surface area contributed by atoms with Gasteiger partial charge in [0.25, 0.3) is 0 Å². The SMILES string of the molecule is CCOC(=O)c1c(-c2cc3sc(S(C(C)C)(C(C)C)C(C)C)cc3s2)sc2c(C(=O)OCC)c(-c3cc4sc(S(C(C)C)(C(C)C)C(C)C)cc4s3)sc12. The van der Waals surface area contributed by atoms with Gasteiger partial charge < -0.3 is 9.47 Å². The first kappa shape index (κ1) is 42.2. The molecule has 6 aromatic heterocycles. The highest BCUT2D eigenvalue weighted by Gasteiger charge is 2.40. The summed E-state index contributed by atoms with van der Waals surface area (Å²) in [5.74, 6) is -0.677. The summed E-state index contributed by atoms with van der Waals surface area (Å²) in [4.78, 5) is 31.7. The summed E-state index contributed by atoms with van der Waals surface area (Å²) in [5.41, 5.74) is 1.14. The predicted octanol–water partition coefficient (Wildman–Crippen LogP) is 16.0. The maximum absolute atomic E-state index is 13.9. The first-order valence-corrected chi connectivity index (χ1v) is 27.6. The molecule has 0 radical (unpaired) electrons. The molecule has 0 aromatic carbocycles. The zero-order valence-corrected chi connectivity index (χ0v) is 40.6. The Balaban J connectivity index is 1.52. The van der Waals surface area contributed by atoms with Crippen LogP contribution in [0.5, 0.6) is 0 Å². The molecule has 296 valence electrons. The molecule has 6 aromatic rings. The van der Waals surface area contributed by atoms with E-state index in [4.69, 9.17) is 9.47 Å². The molecule has 0 atom stereocenters. The quantitative estimate of drug-likeness (QED) is 0.102. The summed E-state index contributed by atoms with van der Waals surface area (Å²) >= 11 is 10.4. The van der Waals surface area contributed by atoms with Crippen LogP contribution in [0.2, 0.25) is 0 Å². The van der Waals surface area contributed by atoms with Crippen molar-refractivity contribution in [3.8, 4) is 19.5 Å². The number of hydrogen-bond acceptors (Lipinski definition) is 10. The molecule has 6 rings (SSSR count). The molecule has 12 heteroatoms. The Bertz CT molecular complexity index is 2030. The molecule has 0 amide bonds. The number of carbonyl (C=O) groups excluding carboxylic acids is 2. The van der Waals surface area contributed by atoms with Gasteiger partial charge in [-0.2, -0.15) is 20.1 Å². The van der Waals surface area contributed by atoms with Crippen LogP contribution >= 0.6 is 88.1 Å². The highest BCUT2D eigenvalue weighted by atomic mass is 32.3. The maximum Gasteiger partial charge on any atom is 0.341 e. The smallest absolute Gasteiger partial charge is 0.341 e. The van der Waals surface area contributed by atoms with Crippen molar-refractivity contribution in [2.75, 3.05) is 13.2 Å². The lowest BCUT2D eigenvalue weighted by Gasteiger charge is -2.50. The molecule has 54 heavy (non-hydrogen) atoms. The zero-order chi connectivity index (χ0) is 39.6. The van der Waals surface area contributed by atoms with Crippen molar-refractivity contribution in [3.63, 3.8) is 0 Å². The van der Waals surface area contributed by atoms with Gasteiger partial charge in [0.15, 0.2) is 0 Å². The van der Waals surface area contributed by atoms with E-state index < -0.39 is 20.1 Å². The van der Waals surface area contributed by atoms with Gasteiger partial charge in [0.05, 0.1) is 43.5 Å². The molecular formula is C42H56O4S8. The van der Waals surface area contributed by atoms with E-state index in [-0.39, 0.29) is 25.2 Å². The van der Waals surface area contributed by atoms with Gasteiger partial charge in [-0.15, -0.1) is 68.0 Å². The fourth-order valence-corrected chi connectivity index (χ4v) is 31.5. The van der Waals surface area contributed by atoms with E-state index in [0.29, 0.717) is 42.6 Å². The van der Waals surface area contributed by atoms with Gasteiger partial charge in [-0.1, -0.05) is 83.1 Å². The van der Waals surface area contributed by atoms with Crippen LogP contribution in [0.25, 0.3) is 47.7 Å². The van der Waals surface area contributed by atoms with Crippen molar-refractivity contribution < 1.29 is 19.1 Å². The minimum absolute atomic E-state index is 0.280. The van der Waals surface area contributed by atoms with Crippen molar-refractivity contribution in [2.24, 2.45) is 0 Å². The highest BCUT2D eigenvalue weighted by Crippen LogP contribution is 2.70. The minimum atomic E-state index is -1.05. The monoisotopic (exact) mass is 880 g/mol. The average Bonchev–Trinajstić information content (AvgIpc) is 3.88. The van der Waals surface area contributed by atoms with E-state index in [0.717, 1.165) is 28.9 Å². The molecule has 0 fully saturated rings. The lowest BCUT2D eigenvalue weighted by Crippen LogP contribution is -2.28. The second-order valence-electron chi connectivity index (χ2n) is 15.3. The van der Waals surface area contributed by atoms with Gasteiger partial charge in [-0.05, 0) is 69.6 Å².